The highest BCUT2D eigenvalue weighted by Gasteiger charge is 2.16. The highest BCUT2D eigenvalue weighted by atomic mass is 16.5. The molecule has 4 rings (SSSR count). The van der Waals surface area contributed by atoms with E-state index in [0.717, 1.165) is 24.2 Å². The van der Waals surface area contributed by atoms with Gasteiger partial charge < -0.3 is 10.1 Å². The van der Waals surface area contributed by atoms with Gasteiger partial charge in [0, 0.05) is 31.9 Å². The number of nitrogens with one attached hydrogen (secondary N) is 1. The third-order valence-electron chi connectivity index (χ3n) is 4.40. The molecular weight excluding hydrogens is 332 g/mol. The molecule has 0 unspecified atom stereocenters. The lowest BCUT2D eigenvalue weighted by Gasteiger charge is -2.09. The number of fused-ring (bicyclic) bond motifs is 2. The summed E-state index contributed by atoms with van der Waals surface area (Å²) in [6.45, 7) is 1.01. The van der Waals surface area contributed by atoms with Gasteiger partial charge in [0.15, 0.2) is 6.61 Å². The lowest BCUT2D eigenvalue weighted by Crippen LogP contribution is -2.28. The largest absolute Gasteiger partial charge is 0.484 e. The maximum atomic E-state index is 12.6. The first kappa shape index (κ1) is 16.3. The van der Waals surface area contributed by atoms with Gasteiger partial charge in [-0.05, 0) is 42.3 Å². The van der Waals surface area contributed by atoms with Crippen molar-refractivity contribution in [3.63, 3.8) is 0 Å². The number of benzene rings is 1. The van der Waals surface area contributed by atoms with Gasteiger partial charge in [0.25, 0.3) is 11.5 Å². The van der Waals surface area contributed by atoms with E-state index in [0.29, 0.717) is 29.7 Å². The average molecular weight is 350 g/mol. The Hall–Kier alpha value is -3.22. The first-order valence-electron chi connectivity index (χ1n) is 8.52. The Balaban J connectivity index is 1.43. The van der Waals surface area contributed by atoms with Gasteiger partial charge in [-0.15, -0.1) is 0 Å². The molecule has 1 amide bonds. The first-order chi connectivity index (χ1) is 12.7. The molecule has 0 spiro atoms. The van der Waals surface area contributed by atoms with Crippen LogP contribution >= 0.6 is 0 Å². The van der Waals surface area contributed by atoms with Gasteiger partial charge in [-0.3, -0.25) is 19.1 Å². The molecule has 0 atom stereocenters. The number of carbonyl (C=O) groups is 1. The van der Waals surface area contributed by atoms with Crippen molar-refractivity contribution in [3.05, 3.63) is 64.5 Å². The summed E-state index contributed by atoms with van der Waals surface area (Å²) in [5, 5.41) is 3.30. The Bertz CT molecular complexity index is 1010. The number of nitrogens with zero attached hydrogens (tertiary/aromatic N) is 3. The van der Waals surface area contributed by atoms with E-state index in [1.54, 1.807) is 35.2 Å². The molecule has 1 aromatic carbocycles. The van der Waals surface area contributed by atoms with Gasteiger partial charge in [-0.2, -0.15) is 0 Å². The molecule has 0 radical (unpaired) electrons. The third kappa shape index (κ3) is 3.28. The zero-order chi connectivity index (χ0) is 17.9. The molecule has 3 aromatic rings. The number of aryl methyl sites for hydroxylation is 1. The molecule has 0 fully saturated rings. The van der Waals surface area contributed by atoms with Crippen LogP contribution in [0.25, 0.3) is 10.9 Å². The van der Waals surface area contributed by atoms with Crippen molar-refractivity contribution < 1.29 is 9.53 Å². The normalized spacial score (nSPS) is 12.8. The Morgan fingerprint density at radius 1 is 1.23 bits per heavy atom. The van der Waals surface area contributed by atoms with Crippen LogP contribution in [0, 0.1) is 0 Å². The van der Waals surface area contributed by atoms with E-state index in [1.165, 1.54) is 0 Å². The van der Waals surface area contributed by atoms with E-state index in [9.17, 15) is 9.59 Å². The maximum absolute atomic E-state index is 12.6. The molecule has 132 valence electrons. The van der Waals surface area contributed by atoms with Gasteiger partial charge in [0.1, 0.15) is 11.6 Å². The van der Waals surface area contributed by atoms with Crippen molar-refractivity contribution in [1.29, 1.82) is 0 Å². The zero-order valence-electron chi connectivity index (χ0n) is 14.1. The van der Waals surface area contributed by atoms with Crippen LogP contribution in [0.3, 0.4) is 0 Å². The number of amides is 1. The fourth-order valence-corrected chi connectivity index (χ4v) is 3.05. The van der Waals surface area contributed by atoms with Gasteiger partial charge in [0.05, 0.1) is 10.9 Å². The van der Waals surface area contributed by atoms with Crippen molar-refractivity contribution in [1.82, 2.24) is 19.9 Å². The second-order valence-electron chi connectivity index (χ2n) is 6.19. The number of ether oxygens (including phenoxy) is 1. The van der Waals surface area contributed by atoms with E-state index in [4.69, 9.17) is 4.74 Å². The molecule has 7 heteroatoms. The average Bonchev–Trinajstić information content (AvgIpc) is 3.15. The van der Waals surface area contributed by atoms with Crippen molar-refractivity contribution in [2.24, 2.45) is 0 Å². The Morgan fingerprint density at radius 3 is 2.92 bits per heavy atom. The number of hydrogen-bond acceptors (Lipinski definition) is 5. The van der Waals surface area contributed by atoms with Crippen LogP contribution in [-0.2, 0) is 24.3 Å². The third-order valence-corrected chi connectivity index (χ3v) is 4.40. The number of rotatable bonds is 5. The lowest BCUT2D eigenvalue weighted by atomic mass is 10.2. The van der Waals surface area contributed by atoms with E-state index in [-0.39, 0.29) is 18.1 Å². The van der Waals surface area contributed by atoms with Crippen molar-refractivity contribution >= 4 is 16.8 Å². The molecule has 1 aliphatic heterocycles. The molecule has 0 saturated heterocycles. The highest BCUT2D eigenvalue weighted by Crippen LogP contribution is 2.19. The maximum Gasteiger partial charge on any atom is 0.261 e. The Labute approximate surface area is 149 Å². The molecule has 0 saturated carbocycles. The van der Waals surface area contributed by atoms with Crippen molar-refractivity contribution in [3.8, 4) is 5.75 Å². The Morgan fingerprint density at radius 2 is 2.08 bits per heavy atom. The van der Waals surface area contributed by atoms with E-state index in [1.807, 2.05) is 12.1 Å². The summed E-state index contributed by atoms with van der Waals surface area (Å²) in [6, 6.07) is 8.83. The summed E-state index contributed by atoms with van der Waals surface area (Å²) in [4.78, 5) is 33.0. The van der Waals surface area contributed by atoms with E-state index >= 15 is 0 Å². The standard InChI is InChI=1S/C19H18N4O3/c24-18(21-11-13-5-7-20-8-6-13)12-26-14-3-4-16-15(10-14)19(25)23-9-1-2-17(23)22-16/h3-8,10H,1-2,9,11-12H2,(H,21,24). The minimum atomic E-state index is -0.231. The molecule has 0 aliphatic carbocycles. The van der Waals surface area contributed by atoms with Gasteiger partial charge in [-0.25, -0.2) is 4.98 Å². The van der Waals surface area contributed by atoms with Crippen LogP contribution in [0.5, 0.6) is 5.75 Å². The molecule has 1 aliphatic rings. The second-order valence-corrected chi connectivity index (χ2v) is 6.19. The number of carbonyl (C=O) groups excluding carboxylic acids is 1. The fourth-order valence-electron chi connectivity index (χ4n) is 3.05. The van der Waals surface area contributed by atoms with Crippen LogP contribution in [-0.4, -0.2) is 27.0 Å². The van der Waals surface area contributed by atoms with Gasteiger partial charge in [-0.1, -0.05) is 0 Å². The number of hydrogen-bond donors (Lipinski definition) is 1. The molecule has 26 heavy (non-hydrogen) atoms. The van der Waals surface area contributed by atoms with Crippen LogP contribution in [0.2, 0.25) is 0 Å². The second kappa shape index (κ2) is 6.95. The topological polar surface area (TPSA) is 86.1 Å². The minimum absolute atomic E-state index is 0.0462. The van der Waals surface area contributed by atoms with Gasteiger partial charge in [0.2, 0.25) is 0 Å². The van der Waals surface area contributed by atoms with Gasteiger partial charge >= 0.3 is 0 Å². The summed E-state index contributed by atoms with van der Waals surface area (Å²) < 4.78 is 7.25. The van der Waals surface area contributed by atoms with Crippen LogP contribution in [0.15, 0.2) is 47.5 Å². The van der Waals surface area contributed by atoms with Crippen LogP contribution in [0.1, 0.15) is 17.8 Å². The number of pyridine rings is 1. The van der Waals surface area contributed by atoms with Crippen molar-refractivity contribution in [2.75, 3.05) is 6.61 Å². The molecule has 2 aromatic heterocycles. The monoisotopic (exact) mass is 350 g/mol. The zero-order valence-corrected chi connectivity index (χ0v) is 14.1. The smallest absolute Gasteiger partial charge is 0.261 e. The van der Waals surface area contributed by atoms with E-state index < -0.39 is 0 Å². The summed E-state index contributed by atoms with van der Waals surface area (Å²) in [6.07, 6.45) is 5.13. The summed E-state index contributed by atoms with van der Waals surface area (Å²) in [5.41, 5.74) is 1.58. The Kier molecular flexibility index (Phi) is 4.35. The predicted molar refractivity (Wildman–Crippen MR) is 95.9 cm³/mol. The first-order valence-corrected chi connectivity index (χ1v) is 8.52. The summed E-state index contributed by atoms with van der Waals surface area (Å²) in [5.74, 6) is 1.09. The fraction of sp³-hybridized carbons (Fsp3) is 0.263. The van der Waals surface area contributed by atoms with E-state index in [2.05, 4.69) is 15.3 Å². The lowest BCUT2D eigenvalue weighted by molar-refractivity contribution is -0.123. The quantitative estimate of drug-likeness (QED) is 0.752. The SMILES string of the molecule is O=C(COc1ccc2nc3n(c(=O)c2c1)CCC3)NCc1ccncc1. The highest BCUT2D eigenvalue weighted by molar-refractivity contribution is 5.80. The minimum Gasteiger partial charge on any atom is -0.484 e. The molecule has 1 N–H and O–H groups in total. The molecule has 0 bridgehead atoms. The summed E-state index contributed by atoms with van der Waals surface area (Å²) in [7, 11) is 0. The molecule has 3 heterocycles. The van der Waals surface area contributed by atoms with Crippen LogP contribution in [0.4, 0.5) is 0 Å². The number of aromatic nitrogens is 3. The van der Waals surface area contributed by atoms with Crippen LogP contribution < -0.4 is 15.6 Å². The predicted octanol–water partition coefficient (Wildman–Crippen LogP) is 1.43. The van der Waals surface area contributed by atoms with Crippen molar-refractivity contribution in [2.45, 2.75) is 25.9 Å². The molecule has 7 nitrogen and oxygen atoms in total. The molecular formula is C19H18N4O3. The summed E-state index contributed by atoms with van der Waals surface area (Å²) >= 11 is 0.